The topological polar surface area (TPSA) is 17.1 Å². The third kappa shape index (κ3) is 0.651. The van der Waals surface area contributed by atoms with Crippen molar-refractivity contribution >= 4 is 5.78 Å². The quantitative estimate of drug-likeness (QED) is 0.554. The van der Waals surface area contributed by atoms with Gasteiger partial charge in [-0.25, -0.2) is 0 Å². The number of hydrogen-bond donors (Lipinski definition) is 0. The van der Waals surface area contributed by atoms with Crippen LogP contribution in [0.1, 0.15) is 39.0 Å². The Hall–Kier alpha value is -0.590. The van der Waals surface area contributed by atoms with Gasteiger partial charge in [-0.1, -0.05) is 19.4 Å². The Bertz CT molecular complexity index is 304. The van der Waals surface area contributed by atoms with E-state index in [1.54, 1.807) is 0 Å². The van der Waals surface area contributed by atoms with Gasteiger partial charge in [0.2, 0.25) is 0 Å². The number of carbonyl (C=O) groups excluding carboxylic acids is 1. The summed E-state index contributed by atoms with van der Waals surface area (Å²) in [5.74, 6) is 1.22. The first kappa shape index (κ1) is 7.78. The largest absolute Gasteiger partial charge is 0.294 e. The number of allylic oxidation sites excluding steroid dienone is 2. The van der Waals surface area contributed by atoms with Crippen LogP contribution in [0.3, 0.4) is 0 Å². The number of ketones is 1. The fourth-order valence-electron chi connectivity index (χ4n) is 4.09. The minimum atomic E-state index is -0.00579. The summed E-state index contributed by atoms with van der Waals surface area (Å²) in [5.41, 5.74) is 0.290. The predicted molar refractivity (Wildman–Crippen MR) is 51.3 cm³/mol. The van der Waals surface area contributed by atoms with Gasteiger partial charge in [-0.15, -0.1) is 0 Å². The molecule has 0 aromatic carbocycles. The average molecular weight is 176 g/mol. The first-order valence-electron chi connectivity index (χ1n) is 5.43. The molecule has 1 nitrogen and oxygen atoms in total. The average Bonchev–Trinajstić information content (AvgIpc) is 2.68. The second-order valence-corrected chi connectivity index (χ2v) is 5.20. The maximum Gasteiger partial charge on any atom is 0.162 e. The third-order valence-corrected chi connectivity index (χ3v) is 4.97. The standard InChI is InChI=1S/C12H16O/c1-11-7-4-9-3-2-6-12(9,11)8-5-10(11)13/h5,8-9H,2-4,6-7H2,1H3. The Kier molecular flexibility index (Phi) is 1.24. The summed E-state index contributed by atoms with van der Waals surface area (Å²) >= 11 is 0. The summed E-state index contributed by atoms with van der Waals surface area (Å²) < 4.78 is 0. The van der Waals surface area contributed by atoms with E-state index in [2.05, 4.69) is 13.0 Å². The third-order valence-electron chi connectivity index (χ3n) is 4.97. The SMILES string of the molecule is CC12CCC3CCCC31C=CC2=O. The van der Waals surface area contributed by atoms with Crippen LogP contribution in [0.15, 0.2) is 12.2 Å². The van der Waals surface area contributed by atoms with Crippen LogP contribution in [0.2, 0.25) is 0 Å². The van der Waals surface area contributed by atoms with Crippen molar-refractivity contribution in [3.05, 3.63) is 12.2 Å². The van der Waals surface area contributed by atoms with Gasteiger partial charge in [0, 0.05) is 10.8 Å². The summed E-state index contributed by atoms with van der Waals surface area (Å²) in [7, 11) is 0. The molecule has 3 atom stereocenters. The van der Waals surface area contributed by atoms with E-state index in [-0.39, 0.29) is 5.41 Å². The van der Waals surface area contributed by atoms with Crippen molar-refractivity contribution in [1.82, 2.24) is 0 Å². The van der Waals surface area contributed by atoms with Crippen LogP contribution >= 0.6 is 0 Å². The van der Waals surface area contributed by atoms with Gasteiger partial charge in [0.25, 0.3) is 0 Å². The highest BCUT2D eigenvalue weighted by molar-refractivity contribution is 5.98. The molecule has 0 amide bonds. The summed E-state index contributed by atoms with van der Waals surface area (Å²) in [6, 6.07) is 0. The van der Waals surface area contributed by atoms with Crippen molar-refractivity contribution in [2.24, 2.45) is 16.7 Å². The lowest BCUT2D eigenvalue weighted by Crippen LogP contribution is -2.36. The van der Waals surface area contributed by atoms with Gasteiger partial charge >= 0.3 is 0 Å². The normalized spacial score (nSPS) is 52.7. The molecule has 0 radical (unpaired) electrons. The molecule has 0 N–H and O–H groups in total. The molecular weight excluding hydrogens is 160 g/mol. The van der Waals surface area contributed by atoms with E-state index in [0.29, 0.717) is 11.2 Å². The molecule has 0 heterocycles. The minimum Gasteiger partial charge on any atom is -0.294 e. The van der Waals surface area contributed by atoms with Crippen LogP contribution in [0.25, 0.3) is 0 Å². The Morgan fingerprint density at radius 1 is 1.38 bits per heavy atom. The van der Waals surface area contributed by atoms with Gasteiger partial charge in [-0.3, -0.25) is 4.79 Å². The van der Waals surface area contributed by atoms with E-state index in [0.717, 1.165) is 12.3 Å². The minimum absolute atomic E-state index is 0.00579. The Balaban J connectivity index is 2.15. The maximum absolute atomic E-state index is 11.8. The van der Waals surface area contributed by atoms with E-state index >= 15 is 0 Å². The monoisotopic (exact) mass is 176 g/mol. The molecule has 0 bridgehead atoms. The van der Waals surface area contributed by atoms with Gasteiger partial charge in [0.1, 0.15) is 0 Å². The van der Waals surface area contributed by atoms with E-state index in [9.17, 15) is 4.79 Å². The molecule has 70 valence electrons. The van der Waals surface area contributed by atoms with E-state index in [4.69, 9.17) is 0 Å². The molecule has 0 aromatic rings. The van der Waals surface area contributed by atoms with Gasteiger partial charge in [0.05, 0.1) is 0 Å². The molecule has 3 rings (SSSR count). The fraction of sp³-hybridized carbons (Fsp3) is 0.750. The lowest BCUT2D eigenvalue weighted by molar-refractivity contribution is -0.125. The molecular formula is C12H16O. The van der Waals surface area contributed by atoms with Gasteiger partial charge in [0.15, 0.2) is 5.78 Å². The van der Waals surface area contributed by atoms with Gasteiger partial charge in [-0.2, -0.15) is 0 Å². The van der Waals surface area contributed by atoms with Crippen molar-refractivity contribution in [3.8, 4) is 0 Å². The molecule has 0 saturated heterocycles. The number of rotatable bonds is 0. The molecule has 2 saturated carbocycles. The molecule has 3 unspecified atom stereocenters. The van der Waals surface area contributed by atoms with Crippen LogP contribution < -0.4 is 0 Å². The summed E-state index contributed by atoms with van der Waals surface area (Å²) in [6.07, 6.45) is 10.5. The Morgan fingerprint density at radius 3 is 3.08 bits per heavy atom. The molecule has 1 heteroatoms. The smallest absolute Gasteiger partial charge is 0.162 e. The van der Waals surface area contributed by atoms with Crippen LogP contribution in [-0.4, -0.2) is 5.78 Å². The lowest BCUT2D eigenvalue weighted by Gasteiger charge is -2.35. The number of hydrogen-bond acceptors (Lipinski definition) is 1. The summed E-state index contributed by atoms with van der Waals surface area (Å²) in [6.45, 7) is 2.20. The van der Waals surface area contributed by atoms with E-state index in [1.165, 1.54) is 25.7 Å². The molecule has 3 aliphatic rings. The highest BCUT2D eigenvalue weighted by Crippen LogP contribution is 2.67. The number of carbonyl (C=O) groups is 1. The second-order valence-electron chi connectivity index (χ2n) is 5.20. The van der Waals surface area contributed by atoms with Crippen LogP contribution in [0.4, 0.5) is 0 Å². The second kappa shape index (κ2) is 2.08. The van der Waals surface area contributed by atoms with Crippen LogP contribution in [0.5, 0.6) is 0 Å². The highest BCUT2D eigenvalue weighted by atomic mass is 16.1. The van der Waals surface area contributed by atoms with Crippen molar-refractivity contribution in [2.75, 3.05) is 0 Å². The first-order chi connectivity index (χ1) is 6.19. The zero-order chi connectivity index (χ0) is 9.10. The van der Waals surface area contributed by atoms with Crippen LogP contribution in [0, 0.1) is 16.7 Å². The highest BCUT2D eigenvalue weighted by Gasteiger charge is 2.62. The molecule has 13 heavy (non-hydrogen) atoms. The molecule has 0 aromatic heterocycles. The molecule has 1 spiro atoms. The van der Waals surface area contributed by atoms with Gasteiger partial charge < -0.3 is 0 Å². The Labute approximate surface area is 79.2 Å². The van der Waals surface area contributed by atoms with Gasteiger partial charge in [-0.05, 0) is 37.7 Å². The zero-order valence-corrected chi connectivity index (χ0v) is 8.18. The van der Waals surface area contributed by atoms with Crippen molar-refractivity contribution in [2.45, 2.75) is 39.0 Å². The zero-order valence-electron chi connectivity index (χ0n) is 8.18. The summed E-state index contributed by atoms with van der Waals surface area (Å²) in [4.78, 5) is 11.8. The molecule has 3 aliphatic carbocycles. The van der Waals surface area contributed by atoms with Crippen molar-refractivity contribution in [1.29, 1.82) is 0 Å². The van der Waals surface area contributed by atoms with E-state index in [1.807, 2.05) is 6.08 Å². The summed E-state index contributed by atoms with van der Waals surface area (Å²) in [5, 5.41) is 0. The van der Waals surface area contributed by atoms with Crippen molar-refractivity contribution < 1.29 is 4.79 Å². The lowest BCUT2D eigenvalue weighted by atomic mass is 9.66. The fourth-order valence-corrected chi connectivity index (χ4v) is 4.09. The van der Waals surface area contributed by atoms with E-state index < -0.39 is 0 Å². The molecule has 2 fully saturated rings. The van der Waals surface area contributed by atoms with Crippen molar-refractivity contribution in [3.63, 3.8) is 0 Å². The van der Waals surface area contributed by atoms with Crippen LogP contribution in [-0.2, 0) is 4.79 Å². The Morgan fingerprint density at radius 2 is 2.23 bits per heavy atom. The molecule has 0 aliphatic heterocycles. The maximum atomic E-state index is 11.8. The first-order valence-corrected chi connectivity index (χ1v) is 5.43. The predicted octanol–water partition coefficient (Wildman–Crippen LogP) is 2.71.